The van der Waals surface area contributed by atoms with Gasteiger partial charge in [0.2, 0.25) is 0 Å². The summed E-state index contributed by atoms with van der Waals surface area (Å²) in [6, 6.07) is 0. The summed E-state index contributed by atoms with van der Waals surface area (Å²) in [7, 11) is 0. The van der Waals surface area contributed by atoms with E-state index in [0.29, 0.717) is 11.7 Å². The van der Waals surface area contributed by atoms with Crippen molar-refractivity contribution in [3.8, 4) is 0 Å². The molecule has 0 heterocycles. The maximum absolute atomic E-state index is 10.9. The first-order valence-electron chi connectivity index (χ1n) is 4.31. The van der Waals surface area contributed by atoms with Gasteiger partial charge in [0.15, 0.2) is 0 Å². The fraction of sp³-hybridized carbons (Fsp3) is 0.889. The predicted octanol–water partition coefficient (Wildman–Crippen LogP) is 1.90. The topological polar surface area (TPSA) is 43.1 Å². The van der Waals surface area contributed by atoms with Crippen molar-refractivity contribution >= 4 is 18.2 Å². The molecule has 0 aromatic rings. The summed E-state index contributed by atoms with van der Waals surface area (Å²) in [5, 5.41) is 0. The molecular weight excluding hydrogens is 174 g/mol. The van der Waals surface area contributed by atoms with Gasteiger partial charge in [0.1, 0.15) is 5.78 Å². The van der Waals surface area contributed by atoms with Crippen LogP contribution in [0.25, 0.3) is 0 Å². The van der Waals surface area contributed by atoms with Crippen molar-refractivity contribution in [3.63, 3.8) is 0 Å². The number of carbonyl (C=O) groups excluding carboxylic acids is 1. The molecule has 1 aliphatic carbocycles. The quantitative estimate of drug-likeness (QED) is 0.688. The molecule has 3 heteroatoms. The summed E-state index contributed by atoms with van der Waals surface area (Å²) in [6.07, 6.45) is 3.46. The Bertz CT molecular complexity index is 152. The highest BCUT2D eigenvalue weighted by Crippen LogP contribution is 2.28. The number of nitrogens with two attached hydrogens (primary N) is 1. The van der Waals surface area contributed by atoms with E-state index in [2.05, 4.69) is 0 Å². The van der Waals surface area contributed by atoms with Crippen LogP contribution >= 0.6 is 12.4 Å². The molecule has 1 aliphatic rings. The Hall–Kier alpha value is -0.0800. The van der Waals surface area contributed by atoms with Gasteiger partial charge < -0.3 is 5.73 Å². The minimum Gasteiger partial charge on any atom is -0.325 e. The molecule has 0 amide bonds. The second kappa shape index (κ2) is 4.24. The van der Waals surface area contributed by atoms with Crippen molar-refractivity contribution in [2.75, 3.05) is 0 Å². The third-order valence-electron chi connectivity index (χ3n) is 2.60. The molecule has 0 aromatic carbocycles. The third kappa shape index (κ3) is 3.11. The van der Waals surface area contributed by atoms with Crippen LogP contribution in [0.4, 0.5) is 0 Å². The lowest BCUT2D eigenvalue weighted by atomic mass is 9.77. The van der Waals surface area contributed by atoms with Crippen molar-refractivity contribution in [2.45, 2.75) is 45.1 Å². The molecule has 0 aromatic heterocycles. The van der Waals surface area contributed by atoms with E-state index < -0.39 is 0 Å². The highest BCUT2D eigenvalue weighted by molar-refractivity contribution is 5.85. The number of Topliss-reactive ketones (excluding diaryl/α,β-unsaturated/α-hetero) is 1. The van der Waals surface area contributed by atoms with Crippen LogP contribution in [0.5, 0.6) is 0 Å². The predicted molar refractivity (Wildman–Crippen MR) is 52.5 cm³/mol. The van der Waals surface area contributed by atoms with Crippen LogP contribution < -0.4 is 5.73 Å². The van der Waals surface area contributed by atoms with E-state index in [0.717, 1.165) is 25.7 Å². The van der Waals surface area contributed by atoms with Crippen LogP contribution in [0.1, 0.15) is 39.5 Å². The first-order chi connectivity index (χ1) is 5.00. The molecule has 0 unspecified atom stereocenters. The molecule has 2 N–H and O–H groups in total. The van der Waals surface area contributed by atoms with Crippen LogP contribution in [0.3, 0.4) is 0 Å². The van der Waals surface area contributed by atoms with Crippen molar-refractivity contribution in [3.05, 3.63) is 0 Å². The second-order valence-corrected chi connectivity index (χ2v) is 4.13. The second-order valence-electron chi connectivity index (χ2n) is 4.13. The fourth-order valence-electron chi connectivity index (χ4n) is 1.68. The van der Waals surface area contributed by atoms with E-state index in [-0.39, 0.29) is 17.9 Å². The Balaban J connectivity index is 0.00000121. The van der Waals surface area contributed by atoms with Crippen LogP contribution in [0, 0.1) is 5.92 Å². The molecule has 0 saturated heterocycles. The first-order valence-corrected chi connectivity index (χ1v) is 4.31. The molecule has 12 heavy (non-hydrogen) atoms. The zero-order valence-electron chi connectivity index (χ0n) is 7.80. The van der Waals surface area contributed by atoms with Gasteiger partial charge in [-0.25, -0.2) is 0 Å². The Kier molecular flexibility index (Phi) is 4.21. The summed E-state index contributed by atoms with van der Waals surface area (Å²) >= 11 is 0. The van der Waals surface area contributed by atoms with E-state index in [1.807, 2.05) is 13.8 Å². The average Bonchev–Trinajstić information content (AvgIpc) is 1.86. The Morgan fingerprint density at radius 2 is 1.75 bits per heavy atom. The van der Waals surface area contributed by atoms with Crippen LogP contribution in [-0.4, -0.2) is 11.3 Å². The van der Waals surface area contributed by atoms with E-state index in [1.165, 1.54) is 0 Å². The Morgan fingerprint density at radius 3 is 2.08 bits per heavy atom. The monoisotopic (exact) mass is 191 g/mol. The van der Waals surface area contributed by atoms with Gasteiger partial charge in [-0.3, -0.25) is 4.79 Å². The minimum atomic E-state index is -0.0965. The molecule has 1 saturated carbocycles. The minimum absolute atomic E-state index is 0. The highest BCUT2D eigenvalue weighted by atomic mass is 35.5. The Morgan fingerprint density at radius 1 is 1.33 bits per heavy atom. The molecule has 0 spiro atoms. The summed E-state index contributed by atoms with van der Waals surface area (Å²) in [6.45, 7) is 4.10. The largest absolute Gasteiger partial charge is 0.325 e. The number of carbonyl (C=O) groups is 1. The lowest BCUT2D eigenvalue weighted by molar-refractivity contribution is -0.121. The molecule has 72 valence electrons. The molecule has 0 aliphatic heterocycles. The number of ketones is 1. The van der Waals surface area contributed by atoms with Crippen molar-refractivity contribution in [1.29, 1.82) is 0 Å². The van der Waals surface area contributed by atoms with Gasteiger partial charge in [0.05, 0.1) is 0 Å². The van der Waals surface area contributed by atoms with Gasteiger partial charge in [0.25, 0.3) is 0 Å². The molecule has 0 atom stereocenters. The third-order valence-corrected chi connectivity index (χ3v) is 2.60. The molecule has 0 bridgehead atoms. The normalized spacial score (nSPS) is 20.4. The zero-order valence-corrected chi connectivity index (χ0v) is 8.62. The summed E-state index contributed by atoms with van der Waals surface area (Å²) in [4.78, 5) is 10.9. The lowest BCUT2D eigenvalue weighted by Gasteiger charge is -2.32. The number of hydrogen-bond acceptors (Lipinski definition) is 2. The molecule has 2 nitrogen and oxygen atoms in total. The first kappa shape index (κ1) is 11.9. The smallest absolute Gasteiger partial charge is 0.132 e. The molecular formula is C9H18ClNO. The number of rotatable bonds is 1. The van der Waals surface area contributed by atoms with E-state index in [9.17, 15) is 4.79 Å². The lowest BCUT2D eigenvalue weighted by Crippen LogP contribution is -2.42. The highest BCUT2D eigenvalue weighted by Gasteiger charge is 2.28. The maximum Gasteiger partial charge on any atom is 0.132 e. The standard InChI is InChI=1S/C9H17NO.ClH/c1-9(2,10)7-3-5-8(11)6-4-7;/h7H,3-6,10H2,1-2H3;1H. The fourth-order valence-corrected chi connectivity index (χ4v) is 1.68. The SMILES string of the molecule is CC(C)(N)C1CCC(=O)CC1.Cl. The van der Waals surface area contributed by atoms with Gasteiger partial charge in [-0.1, -0.05) is 0 Å². The number of halogens is 1. The van der Waals surface area contributed by atoms with Crippen molar-refractivity contribution in [1.82, 2.24) is 0 Å². The van der Waals surface area contributed by atoms with E-state index in [1.54, 1.807) is 0 Å². The van der Waals surface area contributed by atoms with E-state index >= 15 is 0 Å². The van der Waals surface area contributed by atoms with Gasteiger partial charge in [-0.05, 0) is 32.6 Å². The van der Waals surface area contributed by atoms with Gasteiger partial charge in [-0.2, -0.15) is 0 Å². The van der Waals surface area contributed by atoms with Crippen LogP contribution in [-0.2, 0) is 4.79 Å². The van der Waals surface area contributed by atoms with Gasteiger partial charge in [0, 0.05) is 18.4 Å². The summed E-state index contributed by atoms with van der Waals surface area (Å²) in [5.74, 6) is 0.950. The van der Waals surface area contributed by atoms with E-state index in [4.69, 9.17) is 5.73 Å². The average molecular weight is 192 g/mol. The van der Waals surface area contributed by atoms with Gasteiger partial charge >= 0.3 is 0 Å². The molecule has 1 rings (SSSR count). The van der Waals surface area contributed by atoms with Crippen molar-refractivity contribution < 1.29 is 4.79 Å². The van der Waals surface area contributed by atoms with Crippen LogP contribution in [0.15, 0.2) is 0 Å². The van der Waals surface area contributed by atoms with Gasteiger partial charge in [-0.15, -0.1) is 12.4 Å². The maximum atomic E-state index is 10.9. The summed E-state index contributed by atoms with van der Waals surface area (Å²) < 4.78 is 0. The van der Waals surface area contributed by atoms with Crippen molar-refractivity contribution in [2.24, 2.45) is 11.7 Å². The van der Waals surface area contributed by atoms with Crippen LogP contribution in [0.2, 0.25) is 0 Å². The molecule has 0 radical (unpaired) electrons. The number of hydrogen-bond donors (Lipinski definition) is 1. The summed E-state index contributed by atoms with van der Waals surface area (Å²) in [5.41, 5.74) is 5.85. The Labute approximate surface area is 80.3 Å². The molecule has 1 fully saturated rings. The zero-order chi connectivity index (χ0) is 8.48.